The van der Waals surface area contributed by atoms with Gasteiger partial charge in [-0.2, -0.15) is 0 Å². The van der Waals surface area contributed by atoms with E-state index in [-0.39, 0.29) is 11.4 Å². The van der Waals surface area contributed by atoms with Crippen molar-refractivity contribution in [3.63, 3.8) is 0 Å². The molecule has 0 aliphatic rings. The molecule has 2 amide bonds. The maximum Gasteiger partial charge on any atom is 0.317 e. The smallest absolute Gasteiger partial charge is 0.317 e. The second-order valence-corrected chi connectivity index (χ2v) is 5.68. The molecule has 0 saturated heterocycles. The fourth-order valence-corrected chi connectivity index (χ4v) is 1.44. The van der Waals surface area contributed by atoms with E-state index in [1.165, 1.54) is 0 Å². The predicted molar refractivity (Wildman–Crippen MR) is 66.9 cm³/mol. The summed E-state index contributed by atoms with van der Waals surface area (Å²) >= 11 is 0. The Kier molecular flexibility index (Phi) is 5.99. The van der Waals surface area contributed by atoms with Crippen molar-refractivity contribution in [1.29, 1.82) is 0 Å². The Morgan fingerprint density at radius 1 is 1.35 bits per heavy atom. The van der Waals surface area contributed by atoms with Gasteiger partial charge in [-0.25, -0.2) is 4.79 Å². The predicted octanol–water partition coefficient (Wildman–Crippen LogP) is 1.78. The summed E-state index contributed by atoms with van der Waals surface area (Å²) in [6.45, 7) is 8.86. The summed E-state index contributed by atoms with van der Waals surface area (Å²) in [5.74, 6) is -1.26. The van der Waals surface area contributed by atoms with E-state index in [4.69, 9.17) is 5.11 Å². The highest BCUT2D eigenvalue weighted by atomic mass is 16.4. The number of urea groups is 1. The topological polar surface area (TPSA) is 69.6 Å². The second kappa shape index (κ2) is 6.47. The van der Waals surface area contributed by atoms with Crippen molar-refractivity contribution < 1.29 is 14.7 Å². The molecular formula is C12H24N2O3. The summed E-state index contributed by atoms with van der Waals surface area (Å²) < 4.78 is 0. The Morgan fingerprint density at radius 2 is 1.88 bits per heavy atom. The van der Waals surface area contributed by atoms with E-state index in [0.717, 1.165) is 0 Å². The Morgan fingerprint density at radius 3 is 2.29 bits per heavy atom. The van der Waals surface area contributed by atoms with Crippen molar-refractivity contribution in [3.05, 3.63) is 0 Å². The number of nitrogens with zero attached hydrogens (tertiary/aromatic N) is 1. The average molecular weight is 244 g/mol. The Labute approximate surface area is 103 Å². The molecule has 0 aliphatic heterocycles. The number of carbonyl (C=O) groups is 2. The molecule has 1 atom stereocenters. The van der Waals surface area contributed by atoms with Crippen LogP contribution >= 0.6 is 0 Å². The van der Waals surface area contributed by atoms with Crippen LogP contribution in [0.5, 0.6) is 0 Å². The molecule has 0 bridgehead atoms. The first-order valence-corrected chi connectivity index (χ1v) is 5.85. The van der Waals surface area contributed by atoms with Crippen LogP contribution in [0.1, 0.15) is 34.1 Å². The third-order valence-corrected chi connectivity index (χ3v) is 2.33. The lowest BCUT2D eigenvalue weighted by Crippen LogP contribution is -2.42. The number of carbonyl (C=O) groups excluding carboxylic acids is 1. The van der Waals surface area contributed by atoms with Crippen molar-refractivity contribution >= 4 is 12.0 Å². The molecule has 0 aromatic rings. The quantitative estimate of drug-likeness (QED) is 0.774. The van der Waals surface area contributed by atoms with Gasteiger partial charge in [0.05, 0.1) is 5.92 Å². The molecule has 0 radical (unpaired) electrons. The fraction of sp³-hybridized carbons (Fsp3) is 0.833. The molecule has 0 spiro atoms. The van der Waals surface area contributed by atoms with Crippen LogP contribution in [0.25, 0.3) is 0 Å². The first-order chi connectivity index (χ1) is 7.63. The number of amides is 2. The van der Waals surface area contributed by atoms with Crippen molar-refractivity contribution in [2.24, 2.45) is 11.3 Å². The van der Waals surface area contributed by atoms with Crippen molar-refractivity contribution in [2.75, 3.05) is 20.1 Å². The van der Waals surface area contributed by atoms with Crippen molar-refractivity contribution in [2.45, 2.75) is 34.1 Å². The van der Waals surface area contributed by atoms with Gasteiger partial charge in [-0.1, -0.05) is 27.7 Å². The normalized spacial score (nSPS) is 13.0. The molecule has 0 aliphatic carbocycles. The van der Waals surface area contributed by atoms with E-state index >= 15 is 0 Å². The Bertz CT molecular complexity index is 271. The Hall–Kier alpha value is -1.26. The van der Waals surface area contributed by atoms with E-state index in [1.54, 1.807) is 18.9 Å². The first-order valence-electron chi connectivity index (χ1n) is 5.85. The van der Waals surface area contributed by atoms with Crippen molar-refractivity contribution in [3.8, 4) is 0 Å². The van der Waals surface area contributed by atoms with Gasteiger partial charge in [0.15, 0.2) is 0 Å². The van der Waals surface area contributed by atoms with Gasteiger partial charge in [-0.3, -0.25) is 4.79 Å². The third-order valence-electron chi connectivity index (χ3n) is 2.33. The van der Waals surface area contributed by atoms with Gasteiger partial charge in [-0.15, -0.1) is 0 Å². The molecule has 0 aromatic heterocycles. The van der Waals surface area contributed by atoms with Crippen LogP contribution in [0.2, 0.25) is 0 Å². The van der Waals surface area contributed by atoms with Gasteiger partial charge in [0.1, 0.15) is 0 Å². The van der Waals surface area contributed by atoms with Crippen LogP contribution in [-0.4, -0.2) is 42.1 Å². The van der Waals surface area contributed by atoms with Gasteiger partial charge < -0.3 is 15.3 Å². The molecule has 5 nitrogen and oxygen atoms in total. The number of hydrogen-bond donors (Lipinski definition) is 2. The lowest BCUT2D eigenvalue weighted by molar-refractivity contribution is -0.141. The zero-order valence-electron chi connectivity index (χ0n) is 11.4. The van der Waals surface area contributed by atoms with E-state index in [0.29, 0.717) is 19.5 Å². The molecule has 17 heavy (non-hydrogen) atoms. The maximum absolute atomic E-state index is 11.6. The summed E-state index contributed by atoms with van der Waals surface area (Å²) in [4.78, 5) is 23.8. The van der Waals surface area contributed by atoms with Gasteiger partial charge in [-0.05, 0) is 11.8 Å². The summed E-state index contributed by atoms with van der Waals surface area (Å²) in [6, 6.07) is -0.155. The highest BCUT2D eigenvalue weighted by molar-refractivity contribution is 5.74. The number of rotatable bonds is 5. The van der Waals surface area contributed by atoms with Crippen LogP contribution < -0.4 is 5.32 Å². The molecule has 100 valence electrons. The summed E-state index contributed by atoms with van der Waals surface area (Å²) in [7, 11) is 1.74. The van der Waals surface area contributed by atoms with Gasteiger partial charge in [0, 0.05) is 20.1 Å². The standard InChI is InChI=1S/C12H24N2O3/c1-9(10(15)16)6-7-13-11(17)14(5)8-12(2,3)4/h9H,6-8H2,1-5H3,(H,13,17)(H,15,16). The van der Waals surface area contributed by atoms with E-state index in [9.17, 15) is 9.59 Å². The maximum atomic E-state index is 11.6. The number of aliphatic carboxylic acids is 1. The number of hydrogen-bond acceptors (Lipinski definition) is 2. The van der Waals surface area contributed by atoms with E-state index < -0.39 is 11.9 Å². The molecule has 0 saturated carbocycles. The van der Waals surface area contributed by atoms with E-state index in [1.807, 2.05) is 0 Å². The SMILES string of the molecule is CC(CCNC(=O)N(C)CC(C)(C)C)C(=O)O. The van der Waals surface area contributed by atoms with Gasteiger partial charge in [0.25, 0.3) is 0 Å². The number of carboxylic acid groups (broad SMARTS) is 1. The summed E-state index contributed by atoms with van der Waals surface area (Å²) in [6.07, 6.45) is 0.449. The highest BCUT2D eigenvalue weighted by Crippen LogP contribution is 2.13. The molecule has 5 heteroatoms. The van der Waals surface area contributed by atoms with E-state index in [2.05, 4.69) is 26.1 Å². The monoisotopic (exact) mass is 244 g/mol. The lowest BCUT2D eigenvalue weighted by atomic mass is 9.96. The zero-order chi connectivity index (χ0) is 13.6. The molecule has 0 fully saturated rings. The highest BCUT2D eigenvalue weighted by Gasteiger charge is 2.17. The van der Waals surface area contributed by atoms with Crippen LogP contribution in [0.15, 0.2) is 0 Å². The minimum atomic E-state index is -0.831. The van der Waals surface area contributed by atoms with Crippen LogP contribution in [-0.2, 0) is 4.79 Å². The first kappa shape index (κ1) is 15.7. The fourth-order valence-electron chi connectivity index (χ4n) is 1.44. The van der Waals surface area contributed by atoms with Crippen LogP contribution in [0, 0.1) is 11.3 Å². The van der Waals surface area contributed by atoms with Gasteiger partial charge >= 0.3 is 12.0 Å². The third kappa shape index (κ3) is 7.60. The number of nitrogens with one attached hydrogen (secondary N) is 1. The molecule has 0 heterocycles. The summed E-state index contributed by atoms with van der Waals surface area (Å²) in [5, 5.41) is 11.4. The van der Waals surface area contributed by atoms with Gasteiger partial charge in [0.2, 0.25) is 0 Å². The number of carboxylic acids is 1. The molecule has 0 aromatic carbocycles. The molecule has 1 unspecified atom stereocenters. The minimum absolute atomic E-state index is 0.0560. The lowest BCUT2D eigenvalue weighted by Gasteiger charge is -2.26. The minimum Gasteiger partial charge on any atom is -0.481 e. The van der Waals surface area contributed by atoms with Crippen LogP contribution in [0.4, 0.5) is 4.79 Å². The zero-order valence-corrected chi connectivity index (χ0v) is 11.4. The average Bonchev–Trinajstić information content (AvgIpc) is 2.14. The van der Waals surface area contributed by atoms with Crippen molar-refractivity contribution in [1.82, 2.24) is 10.2 Å². The summed E-state index contributed by atoms with van der Waals surface area (Å²) in [5.41, 5.74) is 0.0560. The largest absolute Gasteiger partial charge is 0.481 e. The second-order valence-electron chi connectivity index (χ2n) is 5.68. The van der Waals surface area contributed by atoms with Crippen LogP contribution in [0.3, 0.4) is 0 Å². The molecule has 0 rings (SSSR count). The Balaban J connectivity index is 3.91. The molecule has 2 N–H and O–H groups in total. The molecular weight excluding hydrogens is 220 g/mol.